The minimum Gasteiger partial charge on any atom is -0.360 e. The van der Waals surface area contributed by atoms with E-state index in [1.165, 1.54) is 4.57 Å². The van der Waals surface area contributed by atoms with E-state index in [1.807, 2.05) is 24.3 Å². The van der Waals surface area contributed by atoms with Crippen molar-refractivity contribution in [2.45, 2.75) is 25.3 Å². The summed E-state index contributed by atoms with van der Waals surface area (Å²) in [7, 11) is -2.05. The van der Waals surface area contributed by atoms with Crippen LogP contribution in [0.4, 0.5) is 0 Å². The van der Waals surface area contributed by atoms with Crippen molar-refractivity contribution < 1.29 is 12.9 Å². The van der Waals surface area contributed by atoms with Gasteiger partial charge in [0.25, 0.3) is 0 Å². The SMILES string of the molecule is Cc1noc(C)c1S(=O)(=O)NCCn1c(=O)n(C)c2ccccc21. The van der Waals surface area contributed by atoms with Crippen LogP contribution in [0.1, 0.15) is 11.5 Å². The number of aryl methyl sites for hydroxylation is 3. The first-order valence-corrected chi connectivity index (χ1v) is 8.88. The van der Waals surface area contributed by atoms with Crippen LogP contribution in [0.5, 0.6) is 0 Å². The predicted molar refractivity (Wildman–Crippen MR) is 88.3 cm³/mol. The number of nitrogens with one attached hydrogen (secondary N) is 1. The van der Waals surface area contributed by atoms with Crippen molar-refractivity contribution in [3.8, 4) is 0 Å². The summed E-state index contributed by atoms with van der Waals surface area (Å²) < 4.78 is 35.2. The zero-order valence-electron chi connectivity index (χ0n) is 13.6. The summed E-state index contributed by atoms with van der Waals surface area (Å²) in [5.74, 6) is 0.238. The lowest BCUT2D eigenvalue weighted by atomic mass is 10.3. The lowest BCUT2D eigenvalue weighted by Crippen LogP contribution is -2.31. The molecule has 0 amide bonds. The number of imidazole rings is 1. The Morgan fingerprint density at radius 2 is 1.88 bits per heavy atom. The number of fused-ring (bicyclic) bond motifs is 1. The molecule has 0 fully saturated rings. The Bertz CT molecular complexity index is 1040. The van der Waals surface area contributed by atoms with E-state index >= 15 is 0 Å². The van der Waals surface area contributed by atoms with Gasteiger partial charge in [-0.05, 0) is 26.0 Å². The maximum absolute atomic E-state index is 12.4. The van der Waals surface area contributed by atoms with Gasteiger partial charge in [0.15, 0.2) is 5.76 Å². The zero-order chi connectivity index (χ0) is 17.5. The monoisotopic (exact) mass is 350 g/mol. The van der Waals surface area contributed by atoms with Crippen molar-refractivity contribution in [1.29, 1.82) is 0 Å². The minimum atomic E-state index is -3.74. The van der Waals surface area contributed by atoms with Gasteiger partial charge in [-0.2, -0.15) is 0 Å². The van der Waals surface area contributed by atoms with Crippen LogP contribution < -0.4 is 10.4 Å². The average Bonchev–Trinajstić information content (AvgIpc) is 3.00. The molecule has 3 aromatic rings. The van der Waals surface area contributed by atoms with Gasteiger partial charge in [0.2, 0.25) is 10.0 Å². The van der Waals surface area contributed by atoms with Crippen molar-refractivity contribution in [3.63, 3.8) is 0 Å². The summed E-state index contributed by atoms with van der Waals surface area (Å²) in [6.45, 7) is 3.42. The Balaban J connectivity index is 1.83. The number of sulfonamides is 1. The Morgan fingerprint density at radius 1 is 1.21 bits per heavy atom. The van der Waals surface area contributed by atoms with E-state index in [0.29, 0.717) is 5.69 Å². The number of para-hydroxylation sites is 2. The molecule has 1 N–H and O–H groups in total. The molecule has 0 unspecified atom stereocenters. The Kier molecular flexibility index (Phi) is 4.06. The van der Waals surface area contributed by atoms with Gasteiger partial charge >= 0.3 is 5.69 Å². The van der Waals surface area contributed by atoms with Gasteiger partial charge < -0.3 is 4.52 Å². The molecule has 8 nitrogen and oxygen atoms in total. The third kappa shape index (κ3) is 2.65. The maximum atomic E-state index is 12.4. The molecule has 1 aromatic carbocycles. The largest absolute Gasteiger partial charge is 0.360 e. The summed E-state index contributed by atoms with van der Waals surface area (Å²) in [6, 6.07) is 7.37. The summed E-state index contributed by atoms with van der Waals surface area (Å²) >= 11 is 0. The van der Waals surface area contributed by atoms with E-state index in [0.717, 1.165) is 11.0 Å². The molecule has 0 aliphatic carbocycles. The van der Waals surface area contributed by atoms with Gasteiger partial charge in [0.1, 0.15) is 10.6 Å². The number of hydrogen-bond donors (Lipinski definition) is 1. The van der Waals surface area contributed by atoms with Crippen molar-refractivity contribution in [2.24, 2.45) is 7.05 Å². The number of rotatable bonds is 5. The van der Waals surface area contributed by atoms with Crippen LogP contribution in [0, 0.1) is 13.8 Å². The van der Waals surface area contributed by atoms with Gasteiger partial charge in [0, 0.05) is 20.1 Å². The first-order valence-electron chi connectivity index (χ1n) is 7.39. The second-order valence-corrected chi connectivity index (χ2v) is 7.24. The zero-order valence-corrected chi connectivity index (χ0v) is 14.4. The fourth-order valence-electron chi connectivity index (χ4n) is 2.80. The van der Waals surface area contributed by atoms with Crippen LogP contribution in [0.25, 0.3) is 11.0 Å². The highest BCUT2D eigenvalue weighted by Gasteiger charge is 2.23. The lowest BCUT2D eigenvalue weighted by Gasteiger charge is -2.07. The molecule has 0 radical (unpaired) electrons. The predicted octanol–water partition coefficient (Wildman–Crippen LogP) is 0.923. The van der Waals surface area contributed by atoms with E-state index in [1.54, 1.807) is 25.5 Å². The number of benzene rings is 1. The Labute approximate surface area is 138 Å². The lowest BCUT2D eigenvalue weighted by molar-refractivity contribution is 0.390. The third-order valence-electron chi connectivity index (χ3n) is 3.92. The van der Waals surface area contributed by atoms with Crippen molar-refractivity contribution in [1.82, 2.24) is 19.0 Å². The van der Waals surface area contributed by atoms with Crippen molar-refractivity contribution in [2.75, 3.05) is 6.54 Å². The van der Waals surface area contributed by atoms with E-state index in [-0.39, 0.29) is 29.4 Å². The van der Waals surface area contributed by atoms with Gasteiger partial charge in [0.05, 0.1) is 11.0 Å². The molecule has 0 atom stereocenters. The molecular weight excluding hydrogens is 332 g/mol. The minimum absolute atomic E-state index is 0.0489. The molecule has 24 heavy (non-hydrogen) atoms. The van der Waals surface area contributed by atoms with E-state index in [2.05, 4.69) is 9.88 Å². The standard InChI is InChI=1S/C15H18N4O4S/c1-10-14(11(2)23-17-10)24(21,22)16-8-9-19-13-7-5-4-6-12(13)18(3)15(19)20/h4-7,16H,8-9H2,1-3H3. The van der Waals surface area contributed by atoms with Crippen LogP contribution in [0.2, 0.25) is 0 Å². The maximum Gasteiger partial charge on any atom is 0.328 e. The molecule has 128 valence electrons. The average molecular weight is 350 g/mol. The van der Waals surface area contributed by atoms with Crippen LogP contribution in [-0.2, 0) is 23.6 Å². The summed E-state index contributed by atoms with van der Waals surface area (Å²) in [5.41, 5.74) is 1.69. The highest BCUT2D eigenvalue weighted by molar-refractivity contribution is 7.89. The van der Waals surface area contributed by atoms with Crippen molar-refractivity contribution >= 4 is 21.1 Å². The van der Waals surface area contributed by atoms with E-state index < -0.39 is 10.0 Å². The first kappa shape index (κ1) is 16.5. The topological polar surface area (TPSA) is 99.1 Å². The Hall–Kier alpha value is -2.39. The second-order valence-electron chi connectivity index (χ2n) is 5.53. The van der Waals surface area contributed by atoms with Gasteiger partial charge in [-0.3, -0.25) is 9.13 Å². The summed E-state index contributed by atoms with van der Waals surface area (Å²) in [5, 5.41) is 3.65. The van der Waals surface area contributed by atoms with Crippen LogP contribution >= 0.6 is 0 Å². The number of hydrogen-bond acceptors (Lipinski definition) is 5. The molecule has 0 aliphatic heterocycles. The normalized spacial score (nSPS) is 12.1. The highest BCUT2D eigenvalue weighted by atomic mass is 32.2. The second kappa shape index (κ2) is 5.91. The molecule has 0 bridgehead atoms. The van der Waals surface area contributed by atoms with Crippen LogP contribution in [0.3, 0.4) is 0 Å². The fourth-order valence-corrected chi connectivity index (χ4v) is 4.15. The molecule has 2 heterocycles. The van der Waals surface area contributed by atoms with Crippen LogP contribution in [0.15, 0.2) is 38.5 Å². The fraction of sp³-hybridized carbons (Fsp3) is 0.333. The third-order valence-corrected chi connectivity index (χ3v) is 5.62. The van der Waals surface area contributed by atoms with E-state index in [4.69, 9.17) is 4.52 Å². The highest BCUT2D eigenvalue weighted by Crippen LogP contribution is 2.18. The molecule has 9 heteroatoms. The van der Waals surface area contributed by atoms with E-state index in [9.17, 15) is 13.2 Å². The molecule has 3 rings (SSSR count). The molecule has 2 aromatic heterocycles. The molecular formula is C15H18N4O4S. The molecule has 0 spiro atoms. The van der Waals surface area contributed by atoms with Gasteiger partial charge in [-0.1, -0.05) is 17.3 Å². The van der Waals surface area contributed by atoms with Crippen LogP contribution in [-0.4, -0.2) is 29.3 Å². The Morgan fingerprint density at radius 3 is 2.50 bits per heavy atom. The number of nitrogens with zero attached hydrogens (tertiary/aromatic N) is 3. The summed E-state index contributed by atoms with van der Waals surface area (Å²) in [4.78, 5) is 12.4. The van der Waals surface area contributed by atoms with Crippen molar-refractivity contribution in [3.05, 3.63) is 46.2 Å². The smallest absolute Gasteiger partial charge is 0.328 e. The molecule has 0 saturated heterocycles. The first-order chi connectivity index (χ1) is 11.3. The number of aromatic nitrogens is 3. The quantitative estimate of drug-likeness (QED) is 0.738. The molecule has 0 saturated carbocycles. The molecule has 0 aliphatic rings. The van der Waals surface area contributed by atoms with Gasteiger partial charge in [-0.25, -0.2) is 17.9 Å². The van der Waals surface area contributed by atoms with Gasteiger partial charge in [-0.15, -0.1) is 0 Å². The summed E-state index contributed by atoms with van der Waals surface area (Å²) in [6.07, 6.45) is 0.